The molecule has 0 aliphatic rings. The fourth-order valence-corrected chi connectivity index (χ4v) is 3.87. The van der Waals surface area contributed by atoms with Gasteiger partial charge in [-0.1, -0.05) is 24.8 Å². The first-order valence-electron chi connectivity index (χ1n) is 10.6. The van der Waals surface area contributed by atoms with Gasteiger partial charge in [-0.15, -0.1) is 11.8 Å². The third-order valence-electron chi connectivity index (χ3n) is 4.87. The number of aromatic nitrogens is 3. The minimum atomic E-state index is -0.685. The minimum Gasteiger partial charge on any atom is -0.462 e. The second kappa shape index (κ2) is 11.6. The predicted molar refractivity (Wildman–Crippen MR) is 132 cm³/mol. The number of thioether (sulfide) groups is 1. The highest BCUT2D eigenvalue weighted by Gasteiger charge is 2.20. The number of amides is 1. The van der Waals surface area contributed by atoms with E-state index in [1.54, 1.807) is 41.3 Å². The summed E-state index contributed by atoms with van der Waals surface area (Å²) in [6, 6.07) is 5.00. The van der Waals surface area contributed by atoms with E-state index < -0.39 is 11.9 Å². The van der Waals surface area contributed by atoms with Crippen molar-refractivity contribution >= 4 is 40.3 Å². The van der Waals surface area contributed by atoms with Crippen molar-refractivity contribution in [1.29, 1.82) is 0 Å². The number of nitrogens with zero attached hydrogens (tertiary/aromatic N) is 4. The van der Waals surface area contributed by atoms with Gasteiger partial charge in [-0.25, -0.2) is 9.78 Å². The second-order valence-electron chi connectivity index (χ2n) is 7.17. The van der Waals surface area contributed by atoms with Gasteiger partial charge in [-0.2, -0.15) is 4.99 Å². The Bertz CT molecular complexity index is 1400. The van der Waals surface area contributed by atoms with Crippen molar-refractivity contribution in [3.05, 3.63) is 75.5 Å². The molecular formula is C24H26N4O5S. The van der Waals surface area contributed by atoms with E-state index in [0.717, 1.165) is 5.56 Å². The number of aryl methyl sites for hydroxylation is 1. The van der Waals surface area contributed by atoms with Crippen molar-refractivity contribution in [3.63, 3.8) is 0 Å². The van der Waals surface area contributed by atoms with Crippen LogP contribution in [0.5, 0.6) is 0 Å². The quantitative estimate of drug-likeness (QED) is 0.262. The second-order valence-corrected chi connectivity index (χ2v) is 8.06. The van der Waals surface area contributed by atoms with Crippen LogP contribution in [0.4, 0.5) is 0 Å². The molecule has 178 valence electrons. The standard InChI is InChI=1S/C24H26N4O5S/c1-5-7-13-34-15-19(29)25-22-18(24(31)33-6-2)14-17-21(27(22)11-12-32-4)26-20-16(3)9-8-10-28(20)23(17)30/h5,7-10,13-14H,1,6,11-12,15H2,2-4H3/b13-7-,25-22?. The van der Waals surface area contributed by atoms with Crippen LogP contribution in [0.2, 0.25) is 0 Å². The van der Waals surface area contributed by atoms with Crippen molar-refractivity contribution < 1.29 is 19.1 Å². The molecule has 10 heteroatoms. The highest BCUT2D eigenvalue weighted by molar-refractivity contribution is 8.02. The van der Waals surface area contributed by atoms with E-state index >= 15 is 0 Å². The number of methoxy groups -OCH3 is 1. The Morgan fingerprint density at radius 3 is 2.82 bits per heavy atom. The van der Waals surface area contributed by atoms with Crippen LogP contribution in [-0.4, -0.2) is 51.9 Å². The Balaban J connectivity index is 2.38. The van der Waals surface area contributed by atoms with Crippen molar-refractivity contribution in [2.75, 3.05) is 26.1 Å². The SMILES string of the molecule is C=C/C=C\SCC(=O)N=c1c(C(=O)OCC)cc2c(=O)n3cccc(C)c3nc2n1CCOC. The molecule has 9 nitrogen and oxygen atoms in total. The van der Waals surface area contributed by atoms with Crippen molar-refractivity contribution in [3.8, 4) is 0 Å². The van der Waals surface area contributed by atoms with Crippen LogP contribution in [-0.2, 0) is 20.8 Å². The van der Waals surface area contributed by atoms with Crippen LogP contribution in [0.25, 0.3) is 16.7 Å². The summed E-state index contributed by atoms with van der Waals surface area (Å²) >= 11 is 1.25. The summed E-state index contributed by atoms with van der Waals surface area (Å²) in [5.74, 6) is -1.08. The predicted octanol–water partition coefficient (Wildman–Crippen LogP) is 2.64. The number of fused-ring (bicyclic) bond motifs is 2. The topological polar surface area (TPSA) is 104 Å². The summed E-state index contributed by atoms with van der Waals surface area (Å²) in [7, 11) is 1.53. The maximum Gasteiger partial charge on any atom is 0.341 e. The summed E-state index contributed by atoms with van der Waals surface area (Å²) in [5.41, 5.74) is 1.31. The lowest BCUT2D eigenvalue weighted by atomic mass is 10.2. The number of rotatable bonds is 9. The van der Waals surface area contributed by atoms with E-state index in [9.17, 15) is 14.4 Å². The van der Waals surface area contributed by atoms with Crippen molar-refractivity contribution in [2.45, 2.75) is 20.4 Å². The van der Waals surface area contributed by atoms with E-state index in [0.29, 0.717) is 11.3 Å². The van der Waals surface area contributed by atoms with Crippen LogP contribution in [0, 0.1) is 6.92 Å². The van der Waals surface area contributed by atoms with Gasteiger partial charge in [0.1, 0.15) is 16.9 Å². The molecular weight excluding hydrogens is 456 g/mol. The van der Waals surface area contributed by atoms with Gasteiger partial charge in [-0.3, -0.25) is 14.0 Å². The van der Waals surface area contributed by atoms with Gasteiger partial charge in [0.2, 0.25) is 0 Å². The molecule has 3 aromatic rings. The lowest BCUT2D eigenvalue weighted by Crippen LogP contribution is -2.34. The molecule has 0 radical (unpaired) electrons. The van der Waals surface area contributed by atoms with E-state index in [1.165, 1.54) is 29.3 Å². The molecule has 0 fully saturated rings. The number of hydrogen-bond donors (Lipinski definition) is 0. The fraction of sp³-hybridized carbons (Fsp3) is 0.292. The lowest BCUT2D eigenvalue weighted by molar-refractivity contribution is -0.115. The zero-order valence-corrected chi connectivity index (χ0v) is 20.1. The molecule has 0 spiro atoms. The molecule has 0 atom stereocenters. The summed E-state index contributed by atoms with van der Waals surface area (Å²) in [6.45, 7) is 7.69. The van der Waals surface area contributed by atoms with Crippen LogP contribution in [0.15, 0.2) is 58.3 Å². The largest absolute Gasteiger partial charge is 0.462 e. The Kier molecular flexibility index (Phi) is 8.55. The number of ether oxygens (including phenoxy) is 2. The minimum absolute atomic E-state index is 0.0111. The number of hydrogen-bond acceptors (Lipinski definition) is 7. The molecule has 34 heavy (non-hydrogen) atoms. The number of esters is 1. The first-order chi connectivity index (χ1) is 16.4. The maximum absolute atomic E-state index is 13.3. The van der Waals surface area contributed by atoms with Gasteiger partial charge in [-0.05, 0) is 37.0 Å². The summed E-state index contributed by atoms with van der Waals surface area (Å²) in [5, 5.41) is 1.93. The molecule has 0 aromatic carbocycles. The Morgan fingerprint density at radius 1 is 1.32 bits per heavy atom. The molecule has 1 amide bonds. The number of carbonyl (C=O) groups is 2. The van der Waals surface area contributed by atoms with Gasteiger partial charge in [0.25, 0.3) is 11.5 Å². The van der Waals surface area contributed by atoms with E-state index in [2.05, 4.69) is 11.6 Å². The van der Waals surface area contributed by atoms with Crippen LogP contribution in [0.1, 0.15) is 22.8 Å². The molecule has 3 rings (SSSR count). The van der Waals surface area contributed by atoms with E-state index in [1.807, 2.05) is 13.0 Å². The maximum atomic E-state index is 13.3. The van der Waals surface area contributed by atoms with Crippen LogP contribution in [0.3, 0.4) is 0 Å². The average molecular weight is 483 g/mol. The molecule has 0 unspecified atom stereocenters. The van der Waals surface area contributed by atoms with Gasteiger partial charge < -0.3 is 14.0 Å². The Morgan fingerprint density at radius 2 is 2.12 bits per heavy atom. The van der Waals surface area contributed by atoms with Gasteiger partial charge in [0.15, 0.2) is 5.49 Å². The first-order valence-corrected chi connectivity index (χ1v) is 11.7. The van der Waals surface area contributed by atoms with Gasteiger partial charge >= 0.3 is 5.97 Å². The molecule has 0 saturated carbocycles. The highest BCUT2D eigenvalue weighted by Crippen LogP contribution is 2.14. The third kappa shape index (κ3) is 5.35. The molecule has 0 saturated heterocycles. The summed E-state index contributed by atoms with van der Waals surface area (Å²) < 4.78 is 13.4. The molecule has 0 aliphatic carbocycles. The number of pyridine rings is 2. The molecule has 3 heterocycles. The third-order valence-corrected chi connectivity index (χ3v) is 5.63. The van der Waals surface area contributed by atoms with E-state index in [4.69, 9.17) is 14.5 Å². The summed E-state index contributed by atoms with van der Waals surface area (Å²) in [4.78, 5) is 47.8. The van der Waals surface area contributed by atoms with Gasteiger partial charge in [0.05, 0.1) is 24.4 Å². The first kappa shape index (κ1) is 25.1. The van der Waals surface area contributed by atoms with Crippen LogP contribution < -0.4 is 11.0 Å². The van der Waals surface area contributed by atoms with Gasteiger partial charge in [0, 0.05) is 19.9 Å². The normalized spacial score (nSPS) is 12.0. The molecule has 0 aliphatic heterocycles. The lowest BCUT2D eigenvalue weighted by Gasteiger charge is -2.15. The zero-order chi connectivity index (χ0) is 24.7. The monoisotopic (exact) mass is 482 g/mol. The molecule has 0 bridgehead atoms. The molecule has 0 N–H and O–H groups in total. The average Bonchev–Trinajstić information content (AvgIpc) is 2.82. The fourth-order valence-electron chi connectivity index (χ4n) is 3.34. The van der Waals surface area contributed by atoms with Crippen molar-refractivity contribution in [2.24, 2.45) is 4.99 Å². The Hall–Kier alpha value is -3.50. The number of allylic oxidation sites excluding steroid dienone is 2. The van der Waals surface area contributed by atoms with Crippen LogP contribution >= 0.6 is 11.8 Å². The number of carbonyl (C=O) groups excluding carboxylic acids is 2. The summed E-state index contributed by atoms with van der Waals surface area (Å²) in [6.07, 6.45) is 4.93. The Labute approximate surface area is 200 Å². The highest BCUT2D eigenvalue weighted by atomic mass is 32.2. The van der Waals surface area contributed by atoms with Crippen molar-refractivity contribution in [1.82, 2.24) is 14.0 Å². The van der Waals surface area contributed by atoms with E-state index in [-0.39, 0.29) is 47.5 Å². The molecule has 3 aromatic heterocycles. The smallest absolute Gasteiger partial charge is 0.341 e. The zero-order valence-electron chi connectivity index (χ0n) is 19.3.